The minimum atomic E-state index is -4.46. The van der Waals surface area contributed by atoms with Crippen LogP contribution in [0.4, 0.5) is 24.5 Å². The van der Waals surface area contributed by atoms with Crippen LogP contribution in [0.2, 0.25) is 0 Å². The Morgan fingerprint density at radius 1 is 0.768 bits per heavy atom. The minimum absolute atomic E-state index is 0.153. The standard InChI is InChI=1S/C45H54F3N5O3/c1-5-51(6-2)40-21-14-37(15-22-40)33-49(3)26-27-50(4)44(55)42(32-36-10-8-7-9-11-36)53(34-38-16-23-41(24-17-38)52-28-30-56-31-29-52)43(54)25-18-35-12-19-39(20-13-35)45(46,47)48/h7-25,42H,5-6,26-34H2,1-4H3/b25-18+/t42-/m0/s1. The van der Waals surface area contributed by atoms with Crippen molar-refractivity contribution < 1.29 is 27.5 Å². The lowest BCUT2D eigenvalue weighted by Crippen LogP contribution is -2.51. The maximum atomic E-state index is 14.5. The molecule has 56 heavy (non-hydrogen) atoms. The summed E-state index contributed by atoms with van der Waals surface area (Å²) in [5.41, 5.74) is 4.84. The third kappa shape index (κ3) is 11.9. The number of benzene rings is 4. The molecule has 11 heteroatoms. The largest absolute Gasteiger partial charge is 0.416 e. The first-order valence-electron chi connectivity index (χ1n) is 19.3. The Bertz CT molecular complexity index is 1840. The molecule has 1 fully saturated rings. The van der Waals surface area contributed by atoms with Crippen molar-refractivity contribution in [1.82, 2.24) is 14.7 Å². The molecule has 4 aromatic rings. The summed E-state index contributed by atoms with van der Waals surface area (Å²) in [6.45, 7) is 11.0. The van der Waals surface area contributed by atoms with Gasteiger partial charge in [0.1, 0.15) is 6.04 Å². The molecule has 0 unspecified atom stereocenters. The molecule has 0 saturated carbocycles. The van der Waals surface area contributed by atoms with E-state index in [4.69, 9.17) is 4.74 Å². The molecule has 1 atom stereocenters. The number of carbonyl (C=O) groups is 2. The molecule has 0 aromatic heterocycles. The molecule has 0 aliphatic carbocycles. The predicted octanol–water partition coefficient (Wildman–Crippen LogP) is 7.63. The van der Waals surface area contributed by atoms with Crippen molar-refractivity contribution in [2.45, 2.75) is 45.6 Å². The van der Waals surface area contributed by atoms with Crippen LogP contribution in [0.15, 0.2) is 109 Å². The molecule has 0 N–H and O–H groups in total. The number of ether oxygens (including phenoxy) is 1. The molecular weight excluding hydrogens is 716 g/mol. The number of hydrogen-bond donors (Lipinski definition) is 0. The van der Waals surface area contributed by atoms with E-state index in [2.05, 4.69) is 52.8 Å². The number of hydrogen-bond acceptors (Lipinski definition) is 6. The Labute approximate surface area is 329 Å². The average Bonchev–Trinajstić information content (AvgIpc) is 3.22. The Morgan fingerprint density at radius 2 is 1.38 bits per heavy atom. The number of anilines is 2. The molecule has 0 spiro atoms. The smallest absolute Gasteiger partial charge is 0.378 e. The van der Waals surface area contributed by atoms with Gasteiger partial charge in [-0.15, -0.1) is 0 Å². The number of carbonyl (C=O) groups excluding carboxylic acids is 2. The molecule has 1 saturated heterocycles. The lowest BCUT2D eigenvalue weighted by Gasteiger charge is -2.34. The first-order chi connectivity index (χ1) is 26.9. The number of nitrogens with zero attached hydrogens (tertiary/aromatic N) is 5. The van der Waals surface area contributed by atoms with Gasteiger partial charge in [-0.3, -0.25) is 9.59 Å². The van der Waals surface area contributed by atoms with Crippen molar-refractivity contribution >= 4 is 29.3 Å². The van der Waals surface area contributed by atoms with Crippen molar-refractivity contribution in [3.05, 3.63) is 137 Å². The van der Waals surface area contributed by atoms with Crippen LogP contribution in [0.3, 0.4) is 0 Å². The van der Waals surface area contributed by atoms with Gasteiger partial charge in [0, 0.05) is 83.3 Å². The fraction of sp³-hybridized carbons (Fsp3) is 0.378. The van der Waals surface area contributed by atoms with Gasteiger partial charge in [-0.2, -0.15) is 13.2 Å². The van der Waals surface area contributed by atoms with Crippen molar-refractivity contribution in [2.24, 2.45) is 0 Å². The van der Waals surface area contributed by atoms with Crippen LogP contribution < -0.4 is 9.80 Å². The van der Waals surface area contributed by atoms with E-state index >= 15 is 0 Å². The fourth-order valence-electron chi connectivity index (χ4n) is 6.86. The maximum absolute atomic E-state index is 14.5. The number of morpholine rings is 1. The number of amides is 2. The summed E-state index contributed by atoms with van der Waals surface area (Å²) in [6, 6.07) is 30.0. The topological polar surface area (TPSA) is 59.6 Å². The number of rotatable bonds is 17. The zero-order valence-corrected chi connectivity index (χ0v) is 32.9. The molecule has 1 aliphatic heterocycles. The van der Waals surface area contributed by atoms with Crippen LogP contribution in [-0.2, 0) is 40.0 Å². The lowest BCUT2D eigenvalue weighted by atomic mass is 10.0. The summed E-state index contributed by atoms with van der Waals surface area (Å²) in [4.78, 5) is 38.8. The summed E-state index contributed by atoms with van der Waals surface area (Å²) in [7, 11) is 3.80. The van der Waals surface area contributed by atoms with Gasteiger partial charge in [-0.25, -0.2) is 0 Å². The molecule has 0 bridgehead atoms. The van der Waals surface area contributed by atoms with Crippen LogP contribution in [0.25, 0.3) is 6.08 Å². The van der Waals surface area contributed by atoms with Crippen LogP contribution in [-0.4, -0.2) is 99.1 Å². The normalized spacial score (nSPS) is 13.9. The highest BCUT2D eigenvalue weighted by Crippen LogP contribution is 2.29. The van der Waals surface area contributed by atoms with Crippen molar-refractivity contribution in [3.63, 3.8) is 0 Å². The number of likely N-dealkylation sites (N-methyl/N-ethyl adjacent to an activating group) is 2. The molecule has 2 amide bonds. The van der Waals surface area contributed by atoms with E-state index in [1.807, 2.05) is 61.6 Å². The molecule has 5 rings (SSSR count). The van der Waals surface area contributed by atoms with Gasteiger partial charge >= 0.3 is 6.18 Å². The zero-order chi connectivity index (χ0) is 40.1. The third-order valence-corrected chi connectivity index (χ3v) is 10.2. The van der Waals surface area contributed by atoms with Gasteiger partial charge in [-0.05, 0) is 85.6 Å². The summed E-state index contributed by atoms with van der Waals surface area (Å²) in [5.74, 6) is -0.623. The van der Waals surface area contributed by atoms with E-state index in [0.717, 1.165) is 55.1 Å². The van der Waals surface area contributed by atoms with E-state index in [0.29, 0.717) is 38.4 Å². The predicted molar refractivity (Wildman–Crippen MR) is 218 cm³/mol. The van der Waals surface area contributed by atoms with Gasteiger partial charge in [-0.1, -0.05) is 66.7 Å². The van der Waals surface area contributed by atoms with Gasteiger partial charge in [0.25, 0.3) is 0 Å². The fourth-order valence-corrected chi connectivity index (χ4v) is 6.86. The van der Waals surface area contributed by atoms with Crippen molar-refractivity contribution in [3.8, 4) is 0 Å². The molecular formula is C45H54F3N5O3. The maximum Gasteiger partial charge on any atom is 0.416 e. The molecule has 4 aromatic carbocycles. The first-order valence-corrected chi connectivity index (χ1v) is 19.3. The van der Waals surface area contributed by atoms with Gasteiger partial charge in [0.15, 0.2) is 0 Å². The van der Waals surface area contributed by atoms with E-state index in [9.17, 15) is 22.8 Å². The highest BCUT2D eigenvalue weighted by atomic mass is 19.4. The highest BCUT2D eigenvalue weighted by molar-refractivity contribution is 5.95. The molecule has 298 valence electrons. The second kappa shape index (κ2) is 20.2. The Balaban J connectivity index is 1.37. The van der Waals surface area contributed by atoms with E-state index in [1.54, 1.807) is 16.8 Å². The number of halogens is 3. The van der Waals surface area contributed by atoms with Gasteiger partial charge < -0.3 is 29.2 Å². The van der Waals surface area contributed by atoms with Crippen molar-refractivity contribution in [1.29, 1.82) is 0 Å². The van der Waals surface area contributed by atoms with Gasteiger partial charge in [0.05, 0.1) is 18.8 Å². The van der Waals surface area contributed by atoms with Crippen LogP contribution >= 0.6 is 0 Å². The van der Waals surface area contributed by atoms with Crippen LogP contribution in [0, 0.1) is 0 Å². The molecule has 8 nitrogen and oxygen atoms in total. The minimum Gasteiger partial charge on any atom is -0.378 e. The molecule has 1 heterocycles. The Morgan fingerprint density at radius 3 is 1.98 bits per heavy atom. The molecule has 1 aliphatic rings. The Hall–Kier alpha value is -5.13. The summed E-state index contributed by atoms with van der Waals surface area (Å²) in [6.07, 6.45) is -1.34. The quantitative estimate of drug-likeness (QED) is 0.103. The third-order valence-electron chi connectivity index (χ3n) is 10.2. The summed E-state index contributed by atoms with van der Waals surface area (Å²) in [5, 5.41) is 0. The second-order valence-electron chi connectivity index (χ2n) is 14.2. The Kier molecular flexibility index (Phi) is 15.1. The SMILES string of the molecule is CCN(CC)c1ccc(CN(C)CCN(C)C(=O)[C@H](Cc2ccccc2)N(Cc2ccc(N3CCOCC3)cc2)C(=O)/C=C/c2ccc(C(F)(F)F)cc2)cc1. The monoisotopic (exact) mass is 769 g/mol. The zero-order valence-electron chi connectivity index (χ0n) is 32.9. The first kappa shape index (κ1) is 42.0. The van der Waals surface area contributed by atoms with Crippen molar-refractivity contribution in [2.75, 3.05) is 76.4 Å². The summed E-state index contributed by atoms with van der Waals surface area (Å²) < 4.78 is 45.2. The highest BCUT2D eigenvalue weighted by Gasteiger charge is 2.32. The molecule has 0 radical (unpaired) electrons. The lowest BCUT2D eigenvalue weighted by molar-refractivity contribution is -0.143. The van der Waals surface area contributed by atoms with E-state index in [-0.39, 0.29) is 18.9 Å². The average molecular weight is 770 g/mol. The van der Waals surface area contributed by atoms with Crippen LogP contribution in [0.1, 0.15) is 41.7 Å². The summed E-state index contributed by atoms with van der Waals surface area (Å²) >= 11 is 0. The van der Waals surface area contributed by atoms with Gasteiger partial charge in [0.2, 0.25) is 11.8 Å². The number of alkyl halides is 3. The second-order valence-corrected chi connectivity index (χ2v) is 14.2. The van der Waals surface area contributed by atoms with Crippen LogP contribution in [0.5, 0.6) is 0 Å². The van der Waals surface area contributed by atoms with E-state index < -0.39 is 23.7 Å². The van der Waals surface area contributed by atoms with E-state index in [1.165, 1.54) is 35.5 Å².